The van der Waals surface area contributed by atoms with E-state index in [1.54, 1.807) is 0 Å². The Labute approximate surface area is 78.0 Å². The van der Waals surface area contributed by atoms with E-state index >= 15 is 0 Å². The average Bonchev–Trinajstić information content (AvgIpc) is 0. The second-order valence-corrected chi connectivity index (χ2v) is 0. The SMILES string of the molecule is B.C.[Ce].[Ti]. The van der Waals surface area contributed by atoms with Gasteiger partial charge in [0.2, 0.25) is 0 Å². The molecule has 0 aliphatic heterocycles. The van der Waals surface area contributed by atoms with Crippen molar-refractivity contribution in [3.8, 4) is 0 Å². The molecular weight excluding hydrogens is 211 g/mol. The predicted molar refractivity (Wildman–Crippen MR) is 16.7 cm³/mol. The smallest absolute Gasteiger partial charge is 0.0776 e. The maximum atomic E-state index is 0. The Balaban J connectivity index is 0. The molecule has 0 unspecified atom stereocenters. The summed E-state index contributed by atoms with van der Waals surface area (Å²) in [5.41, 5.74) is 0. The summed E-state index contributed by atoms with van der Waals surface area (Å²) in [6.07, 6.45) is 0. The van der Waals surface area contributed by atoms with E-state index in [9.17, 15) is 0 Å². The largest absolute Gasteiger partial charge is 0.0814 e. The molecule has 0 saturated carbocycles. The van der Waals surface area contributed by atoms with Gasteiger partial charge in [-0.25, -0.2) is 0 Å². The predicted octanol–water partition coefficient (Wildman–Crippen LogP) is -0.550. The molecule has 0 atom stereocenters. The Hall–Kier alpha value is 2.16. The topological polar surface area (TPSA) is 0 Å². The monoisotopic (exact) mass is 218 g/mol. The maximum Gasteiger partial charge on any atom is 0.0814 e. The molecule has 22 valence electrons. The first kappa shape index (κ1) is 35.2. The number of hydrogen-bond acceptors (Lipinski definition) is 0. The van der Waals surface area contributed by atoms with Crippen molar-refractivity contribution in [1.29, 1.82) is 0 Å². The van der Waals surface area contributed by atoms with Crippen LogP contribution in [0.15, 0.2) is 0 Å². The molecule has 0 N–H and O–H groups in total. The molecule has 0 spiro atoms. The Morgan fingerprint density at radius 2 is 1.00 bits per heavy atom. The number of rotatable bonds is 0. The summed E-state index contributed by atoms with van der Waals surface area (Å²) < 4.78 is 0. The molecule has 0 aliphatic rings. The van der Waals surface area contributed by atoms with Crippen molar-refractivity contribution in [2.24, 2.45) is 0 Å². The molecule has 0 saturated heterocycles. The van der Waals surface area contributed by atoms with Gasteiger partial charge in [0.1, 0.15) is 0 Å². The van der Waals surface area contributed by atoms with Crippen LogP contribution in [0.3, 0.4) is 0 Å². The van der Waals surface area contributed by atoms with E-state index < -0.39 is 0 Å². The second-order valence-electron chi connectivity index (χ2n) is 0. The van der Waals surface area contributed by atoms with Crippen molar-refractivity contribution < 1.29 is 63.5 Å². The summed E-state index contributed by atoms with van der Waals surface area (Å²) >= 11 is 0. The van der Waals surface area contributed by atoms with Gasteiger partial charge in [-0.05, 0) is 0 Å². The fourth-order valence-corrected chi connectivity index (χ4v) is 0. The van der Waals surface area contributed by atoms with Crippen molar-refractivity contribution in [3.63, 3.8) is 0 Å². The van der Waals surface area contributed by atoms with Crippen LogP contribution in [0.5, 0.6) is 0 Å². The molecule has 0 nitrogen and oxygen atoms in total. The Bertz CT molecular complexity index is 8.00. The van der Waals surface area contributed by atoms with Gasteiger partial charge >= 0.3 is 0 Å². The Morgan fingerprint density at radius 3 is 1.00 bits per heavy atom. The molecule has 0 bridgehead atoms. The molecule has 0 aromatic carbocycles. The third-order valence-corrected chi connectivity index (χ3v) is 0. The number of hydrogen-bond donors (Lipinski definition) is 0. The van der Waals surface area contributed by atoms with Crippen LogP contribution >= 0.6 is 0 Å². The molecule has 0 aromatic rings. The third kappa shape index (κ3) is 8.91. The fraction of sp³-hybridized carbons (Fsp3) is 1.00. The van der Waals surface area contributed by atoms with Gasteiger partial charge in [0, 0.05) is 63.5 Å². The summed E-state index contributed by atoms with van der Waals surface area (Å²) in [5.74, 6) is 0. The fourth-order valence-electron chi connectivity index (χ4n) is 0. The van der Waals surface area contributed by atoms with Gasteiger partial charge in [-0.3, -0.25) is 0 Å². The molecule has 3 heteroatoms. The van der Waals surface area contributed by atoms with Crippen LogP contribution in [0.25, 0.3) is 0 Å². The van der Waals surface area contributed by atoms with Crippen LogP contribution < -0.4 is 0 Å². The second kappa shape index (κ2) is 19.2. The minimum atomic E-state index is 0. The molecule has 0 heterocycles. The molecule has 0 rings (SSSR count). The van der Waals surface area contributed by atoms with Gasteiger partial charge in [0.15, 0.2) is 0 Å². The normalized spacial score (nSPS) is 0. The van der Waals surface area contributed by atoms with Crippen LogP contribution in [-0.4, -0.2) is 8.41 Å². The van der Waals surface area contributed by atoms with Gasteiger partial charge in [0.25, 0.3) is 0 Å². The van der Waals surface area contributed by atoms with Crippen LogP contribution in [0.1, 0.15) is 7.43 Å². The first-order valence-electron chi connectivity index (χ1n) is 0. The molecule has 0 aliphatic carbocycles. The first-order valence-corrected chi connectivity index (χ1v) is 0. The first-order chi connectivity index (χ1) is 0. The average molecular weight is 218 g/mol. The minimum Gasteiger partial charge on any atom is -0.0776 e. The Kier molecular flexibility index (Phi) is 169. The van der Waals surface area contributed by atoms with Crippen LogP contribution in [0, 0.1) is 41.7 Å². The molecule has 4 heavy (non-hydrogen) atoms. The van der Waals surface area contributed by atoms with Crippen molar-refractivity contribution in [2.75, 3.05) is 0 Å². The molecular formula is CH7BCeTi. The third-order valence-electron chi connectivity index (χ3n) is 0. The summed E-state index contributed by atoms with van der Waals surface area (Å²) in [6.45, 7) is 0. The van der Waals surface area contributed by atoms with Gasteiger partial charge in [0.05, 0.1) is 8.41 Å². The van der Waals surface area contributed by atoms with Crippen molar-refractivity contribution >= 4 is 8.41 Å². The summed E-state index contributed by atoms with van der Waals surface area (Å²) in [4.78, 5) is 0. The zero-order valence-corrected chi connectivity index (χ0v) is 5.70. The molecule has 0 amide bonds. The van der Waals surface area contributed by atoms with E-state index in [4.69, 9.17) is 0 Å². The van der Waals surface area contributed by atoms with E-state index in [-0.39, 0.29) is 79.3 Å². The summed E-state index contributed by atoms with van der Waals surface area (Å²) in [7, 11) is 0. The Morgan fingerprint density at radius 1 is 1.00 bits per heavy atom. The minimum absolute atomic E-state index is 0. The zero-order valence-electron chi connectivity index (χ0n) is 1.00. The van der Waals surface area contributed by atoms with Gasteiger partial charge in [-0.1, -0.05) is 7.43 Å². The van der Waals surface area contributed by atoms with Gasteiger partial charge in [-0.2, -0.15) is 0 Å². The van der Waals surface area contributed by atoms with Crippen LogP contribution in [0.2, 0.25) is 0 Å². The van der Waals surface area contributed by atoms with Crippen molar-refractivity contribution in [1.82, 2.24) is 0 Å². The zero-order chi connectivity index (χ0) is 0. The van der Waals surface area contributed by atoms with E-state index in [0.717, 1.165) is 0 Å². The van der Waals surface area contributed by atoms with Crippen molar-refractivity contribution in [2.45, 2.75) is 7.43 Å². The molecule has 0 aromatic heterocycles. The quantitative estimate of drug-likeness (QED) is 0.478. The van der Waals surface area contributed by atoms with Gasteiger partial charge in [-0.15, -0.1) is 0 Å². The van der Waals surface area contributed by atoms with E-state index in [0.29, 0.717) is 0 Å². The van der Waals surface area contributed by atoms with Gasteiger partial charge < -0.3 is 0 Å². The summed E-state index contributed by atoms with van der Waals surface area (Å²) in [5, 5.41) is 0. The van der Waals surface area contributed by atoms with Crippen molar-refractivity contribution in [3.05, 3.63) is 0 Å². The molecule has 0 radical (unpaired) electrons. The molecule has 0 fully saturated rings. The van der Waals surface area contributed by atoms with E-state index in [2.05, 4.69) is 0 Å². The van der Waals surface area contributed by atoms with Crippen LogP contribution in [-0.2, 0) is 21.7 Å². The maximum absolute atomic E-state index is 0. The van der Waals surface area contributed by atoms with E-state index in [1.165, 1.54) is 0 Å². The van der Waals surface area contributed by atoms with E-state index in [1.807, 2.05) is 0 Å². The summed E-state index contributed by atoms with van der Waals surface area (Å²) in [6, 6.07) is 0. The van der Waals surface area contributed by atoms with Crippen LogP contribution in [0.4, 0.5) is 0 Å². The standard InChI is InChI=1S/CH4.BH3.Ce.Ti/h1H4;1H3;;.